The normalized spacial score (nSPS) is 15.8. The summed E-state index contributed by atoms with van der Waals surface area (Å²) in [5, 5.41) is 29.1. The number of hydrogen-bond donors (Lipinski definition) is 4. The third-order valence-corrected chi connectivity index (χ3v) is 7.57. The van der Waals surface area contributed by atoms with Crippen molar-refractivity contribution in [3.8, 4) is 0 Å². The smallest absolute Gasteiger partial charge is 0.271 e. The van der Waals surface area contributed by atoms with Gasteiger partial charge in [0.15, 0.2) is 5.13 Å². The number of sulfonamides is 1. The molecule has 0 aliphatic carbocycles. The fraction of sp³-hybridized carbons (Fsp3) is 0.773. The van der Waals surface area contributed by atoms with Gasteiger partial charge in [-0.3, -0.25) is 9.59 Å². The van der Waals surface area contributed by atoms with Crippen molar-refractivity contribution in [2.24, 2.45) is 23.7 Å². The summed E-state index contributed by atoms with van der Waals surface area (Å²) < 4.78 is 24.4. The van der Waals surface area contributed by atoms with Crippen LogP contribution in [0.15, 0.2) is 5.38 Å². The molecule has 10 nitrogen and oxygen atoms in total. The predicted octanol–water partition coefficient (Wildman–Crippen LogP) is 1.45. The van der Waals surface area contributed by atoms with Crippen molar-refractivity contribution in [1.29, 1.82) is 0 Å². The molecule has 0 spiro atoms. The zero-order chi connectivity index (χ0) is 26.4. The van der Waals surface area contributed by atoms with Gasteiger partial charge in [-0.15, -0.1) is 11.3 Å². The van der Waals surface area contributed by atoms with E-state index in [-0.39, 0.29) is 34.5 Å². The molecule has 1 heterocycles. The molecular weight excluding hydrogens is 480 g/mol. The van der Waals surface area contributed by atoms with E-state index in [2.05, 4.69) is 15.6 Å². The van der Waals surface area contributed by atoms with E-state index in [1.54, 1.807) is 13.8 Å². The number of aromatic nitrogens is 1. The summed E-state index contributed by atoms with van der Waals surface area (Å²) in [5.41, 5.74) is 0.000956. The largest absolute Gasteiger partial charge is 0.390 e. The molecule has 0 aliphatic heterocycles. The van der Waals surface area contributed by atoms with Crippen molar-refractivity contribution in [3.05, 3.63) is 11.1 Å². The van der Waals surface area contributed by atoms with Crippen LogP contribution < -0.4 is 14.9 Å². The molecule has 0 aliphatic rings. The molecule has 4 N–H and O–H groups in total. The predicted molar refractivity (Wildman–Crippen MR) is 134 cm³/mol. The lowest BCUT2D eigenvalue weighted by Crippen LogP contribution is -2.54. The summed E-state index contributed by atoms with van der Waals surface area (Å²) in [6.07, 6.45) is -1.42. The van der Waals surface area contributed by atoms with Crippen LogP contribution in [0.2, 0.25) is 0 Å². The van der Waals surface area contributed by atoms with Crippen molar-refractivity contribution in [1.82, 2.24) is 15.6 Å². The van der Waals surface area contributed by atoms with Gasteiger partial charge in [0.1, 0.15) is 11.8 Å². The number of nitrogens with one attached hydrogen (secondary N) is 2. The van der Waals surface area contributed by atoms with E-state index in [0.29, 0.717) is 13.0 Å². The maximum atomic E-state index is 12.9. The van der Waals surface area contributed by atoms with Gasteiger partial charge in [0.05, 0.1) is 24.3 Å². The number of carbonyl (C=O) groups is 2. The van der Waals surface area contributed by atoms with E-state index in [4.69, 9.17) is 0 Å². The lowest BCUT2D eigenvalue weighted by Gasteiger charge is -2.34. The van der Waals surface area contributed by atoms with Gasteiger partial charge in [-0.25, -0.2) is 17.7 Å². The number of nitrogens with zero attached hydrogens (tertiary/aromatic N) is 2. The zero-order valence-corrected chi connectivity index (χ0v) is 22.9. The molecule has 0 aromatic carbocycles. The number of aliphatic hydroxyl groups is 2. The Bertz CT molecular complexity index is 916. The fourth-order valence-corrected chi connectivity index (χ4v) is 4.95. The van der Waals surface area contributed by atoms with E-state index in [1.807, 2.05) is 27.7 Å². The minimum atomic E-state index is -3.53. The molecule has 4 atom stereocenters. The molecule has 0 saturated heterocycles. The van der Waals surface area contributed by atoms with Gasteiger partial charge < -0.3 is 20.8 Å². The monoisotopic (exact) mass is 520 g/mol. The Kier molecular flexibility index (Phi) is 11.4. The molecule has 1 aromatic rings. The number of aliphatic hydroxyl groups excluding tert-OH is 2. The Morgan fingerprint density at radius 2 is 1.68 bits per heavy atom. The zero-order valence-electron chi connectivity index (χ0n) is 21.3. The number of carbonyl (C=O) groups excluding carboxylic acids is 2. The quantitative estimate of drug-likeness (QED) is 0.307. The van der Waals surface area contributed by atoms with Gasteiger partial charge in [-0.1, -0.05) is 41.5 Å². The van der Waals surface area contributed by atoms with Crippen molar-refractivity contribution in [2.75, 3.05) is 24.2 Å². The van der Waals surface area contributed by atoms with Crippen LogP contribution in [-0.4, -0.2) is 73.5 Å². The Morgan fingerprint density at radius 3 is 2.15 bits per heavy atom. The van der Waals surface area contributed by atoms with Gasteiger partial charge in [0, 0.05) is 19.0 Å². The molecule has 0 saturated carbocycles. The maximum absolute atomic E-state index is 12.9. The standard InChI is InChI=1S/C22H40N4O6S2/c1-12(2)9-15(18(27)19(28)17(14(5)6)21(30)23-10-13(3)4)24-20(29)16-11-33-22(25-16)26(7)34(8,31)32/h11-15,17-19,27-28H,9-10H2,1-8H3,(H,23,30)(H,24,29). The average molecular weight is 521 g/mol. The van der Waals surface area contributed by atoms with E-state index in [1.165, 1.54) is 12.4 Å². The van der Waals surface area contributed by atoms with Gasteiger partial charge in [-0.05, 0) is 24.2 Å². The highest BCUT2D eigenvalue weighted by atomic mass is 32.2. The summed E-state index contributed by atoms with van der Waals surface area (Å²) in [6.45, 7) is 11.8. The van der Waals surface area contributed by atoms with E-state index >= 15 is 0 Å². The van der Waals surface area contributed by atoms with Gasteiger partial charge in [0.25, 0.3) is 5.91 Å². The average Bonchev–Trinajstić information content (AvgIpc) is 3.19. The highest BCUT2D eigenvalue weighted by Crippen LogP contribution is 2.24. The number of rotatable bonds is 13. The van der Waals surface area contributed by atoms with E-state index < -0.39 is 40.1 Å². The summed E-state index contributed by atoms with van der Waals surface area (Å²) >= 11 is 0.999. The first-order chi connectivity index (χ1) is 15.6. The summed E-state index contributed by atoms with van der Waals surface area (Å²) in [6, 6.07) is -0.848. The maximum Gasteiger partial charge on any atom is 0.271 e. The highest BCUT2D eigenvalue weighted by Gasteiger charge is 2.39. The first-order valence-corrected chi connectivity index (χ1v) is 14.1. The molecule has 34 heavy (non-hydrogen) atoms. The minimum Gasteiger partial charge on any atom is -0.390 e. The Balaban J connectivity index is 3.08. The van der Waals surface area contributed by atoms with Crippen molar-refractivity contribution >= 4 is 38.3 Å². The van der Waals surface area contributed by atoms with Crippen LogP contribution in [0.1, 0.15) is 58.5 Å². The molecule has 0 fully saturated rings. The lowest BCUT2D eigenvalue weighted by atomic mass is 9.83. The van der Waals surface area contributed by atoms with Crippen molar-refractivity contribution in [2.45, 2.75) is 66.2 Å². The Morgan fingerprint density at radius 1 is 1.09 bits per heavy atom. The van der Waals surface area contributed by atoms with Gasteiger partial charge >= 0.3 is 0 Å². The molecule has 12 heteroatoms. The molecule has 0 bridgehead atoms. The Hall–Kier alpha value is -1.76. The highest BCUT2D eigenvalue weighted by molar-refractivity contribution is 7.92. The van der Waals surface area contributed by atoms with Crippen LogP contribution in [0, 0.1) is 23.7 Å². The van der Waals surface area contributed by atoms with Crippen LogP contribution in [0.5, 0.6) is 0 Å². The number of hydrogen-bond acceptors (Lipinski definition) is 8. The van der Waals surface area contributed by atoms with E-state index in [0.717, 1.165) is 21.9 Å². The first-order valence-electron chi connectivity index (χ1n) is 11.4. The molecule has 1 rings (SSSR count). The second-order valence-corrected chi connectivity index (χ2v) is 12.7. The summed E-state index contributed by atoms with van der Waals surface area (Å²) in [7, 11) is -2.19. The molecule has 4 unspecified atom stereocenters. The van der Waals surface area contributed by atoms with Crippen LogP contribution in [0.3, 0.4) is 0 Å². The molecule has 0 radical (unpaired) electrons. The van der Waals surface area contributed by atoms with Crippen LogP contribution in [0.4, 0.5) is 5.13 Å². The third-order valence-electron chi connectivity index (χ3n) is 5.37. The Labute approximate surface area is 207 Å². The molecule has 2 amide bonds. The summed E-state index contributed by atoms with van der Waals surface area (Å²) in [5.74, 6) is -1.77. The molecular formula is C22H40N4O6S2. The SMILES string of the molecule is CC(C)CNC(=O)C(C(C)C)C(O)C(O)C(CC(C)C)NC(=O)c1csc(N(C)S(C)(=O)=O)n1. The number of amides is 2. The molecule has 196 valence electrons. The second-order valence-electron chi connectivity index (χ2n) is 9.85. The van der Waals surface area contributed by atoms with Gasteiger partial charge in [-0.2, -0.15) is 0 Å². The van der Waals surface area contributed by atoms with Crippen LogP contribution >= 0.6 is 11.3 Å². The fourth-order valence-electron chi connectivity index (χ4n) is 3.41. The second kappa shape index (κ2) is 12.8. The van der Waals surface area contributed by atoms with E-state index in [9.17, 15) is 28.2 Å². The summed E-state index contributed by atoms with van der Waals surface area (Å²) in [4.78, 5) is 29.7. The number of thiazole rings is 1. The third kappa shape index (κ3) is 8.79. The topological polar surface area (TPSA) is 149 Å². The minimum absolute atomic E-state index is 0.000956. The van der Waals surface area contributed by atoms with Gasteiger partial charge in [0.2, 0.25) is 15.9 Å². The van der Waals surface area contributed by atoms with Crippen molar-refractivity contribution in [3.63, 3.8) is 0 Å². The lowest BCUT2D eigenvalue weighted by molar-refractivity contribution is -0.136. The first kappa shape index (κ1) is 30.3. The number of anilines is 1. The van der Waals surface area contributed by atoms with Crippen LogP contribution in [0.25, 0.3) is 0 Å². The van der Waals surface area contributed by atoms with Crippen LogP contribution in [-0.2, 0) is 14.8 Å². The molecule has 1 aromatic heterocycles. The van der Waals surface area contributed by atoms with Crippen molar-refractivity contribution < 1.29 is 28.2 Å².